The summed E-state index contributed by atoms with van der Waals surface area (Å²) in [5.41, 5.74) is 5.48. The predicted octanol–water partition coefficient (Wildman–Crippen LogP) is 2.32. The lowest BCUT2D eigenvalue weighted by Gasteiger charge is -2.34. The van der Waals surface area contributed by atoms with Gasteiger partial charge in [0.25, 0.3) is 11.8 Å². The Hall–Kier alpha value is -1.75. The highest BCUT2D eigenvalue weighted by Gasteiger charge is 2.25. The number of nitrogens with two attached hydrogens (primary N) is 1. The number of piperidine rings is 1. The minimum Gasteiger partial charge on any atom is -0.483 e. The minimum absolute atomic E-state index is 0.0798. The molecule has 1 aliphatic rings. The molecule has 6 heteroatoms. The van der Waals surface area contributed by atoms with Crippen LogP contribution in [0.1, 0.15) is 30.6 Å². The van der Waals surface area contributed by atoms with Gasteiger partial charge in [-0.3, -0.25) is 9.59 Å². The Labute approximate surface area is 135 Å². The molecule has 1 aliphatic heterocycles. The molecule has 0 aromatic heterocycles. The van der Waals surface area contributed by atoms with Crippen LogP contribution < -0.4 is 10.5 Å². The van der Waals surface area contributed by atoms with Crippen molar-refractivity contribution >= 4 is 23.4 Å². The van der Waals surface area contributed by atoms with E-state index in [1.807, 2.05) is 4.90 Å². The minimum atomic E-state index is -0.634. The first-order chi connectivity index (χ1) is 10.4. The summed E-state index contributed by atoms with van der Waals surface area (Å²) in [4.78, 5) is 25.5. The number of carbonyl (C=O) groups is 2. The Morgan fingerprint density at radius 3 is 2.55 bits per heavy atom. The molecule has 0 bridgehead atoms. The SMILES string of the molecule is CC1CC(C)CN(C(=O)COc2ccc(Cl)cc2C(N)=O)C1. The number of rotatable bonds is 4. The van der Waals surface area contributed by atoms with Gasteiger partial charge in [-0.25, -0.2) is 0 Å². The van der Waals surface area contributed by atoms with Gasteiger partial charge in [0, 0.05) is 18.1 Å². The average Bonchev–Trinajstić information content (AvgIpc) is 2.44. The quantitative estimate of drug-likeness (QED) is 0.923. The monoisotopic (exact) mass is 324 g/mol. The molecule has 120 valence electrons. The topological polar surface area (TPSA) is 72.6 Å². The van der Waals surface area contributed by atoms with Crippen LogP contribution in [0.3, 0.4) is 0 Å². The normalized spacial score (nSPS) is 21.5. The molecule has 1 aromatic carbocycles. The first-order valence-corrected chi connectivity index (χ1v) is 7.74. The highest BCUT2D eigenvalue weighted by atomic mass is 35.5. The fraction of sp³-hybridized carbons (Fsp3) is 0.500. The van der Waals surface area contributed by atoms with E-state index in [1.165, 1.54) is 6.07 Å². The van der Waals surface area contributed by atoms with E-state index in [4.69, 9.17) is 22.1 Å². The second kappa shape index (κ2) is 7.01. The van der Waals surface area contributed by atoms with Gasteiger partial charge in [-0.1, -0.05) is 25.4 Å². The summed E-state index contributed by atoms with van der Waals surface area (Å²) in [6.07, 6.45) is 1.13. The smallest absolute Gasteiger partial charge is 0.260 e. The molecular weight excluding hydrogens is 304 g/mol. The van der Waals surface area contributed by atoms with Crippen molar-refractivity contribution in [2.75, 3.05) is 19.7 Å². The van der Waals surface area contributed by atoms with Crippen LogP contribution in [-0.2, 0) is 4.79 Å². The van der Waals surface area contributed by atoms with Crippen LogP contribution >= 0.6 is 11.6 Å². The van der Waals surface area contributed by atoms with Crippen molar-refractivity contribution in [3.05, 3.63) is 28.8 Å². The first kappa shape index (κ1) is 16.6. The third-order valence-electron chi connectivity index (χ3n) is 3.78. The van der Waals surface area contributed by atoms with Gasteiger partial charge in [-0.05, 0) is 36.5 Å². The summed E-state index contributed by atoms with van der Waals surface area (Å²) in [6.45, 7) is 5.66. The maximum Gasteiger partial charge on any atom is 0.260 e. The van der Waals surface area contributed by atoms with Gasteiger partial charge < -0.3 is 15.4 Å². The maximum atomic E-state index is 12.3. The standard InChI is InChI=1S/C16H21ClN2O3/c1-10-5-11(2)8-19(7-10)15(20)9-22-14-4-3-12(17)6-13(14)16(18)21/h3-4,6,10-11H,5,7-9H2,1-2H3,(H2,18,21). The third-order valence-corrected chi connectivity index (χ3v) is 4.01. The van der Waals surface area contributed by atoms with E-state index in [0.717, 1.165) is 19.5 Å². The highest BCUT2D eigenvalue weighted by Crippen LogP contribution is 2.24. The first-order valence-electron chi connectivity index (χ1n) is 7.36. The Bertz CT molecular complexity index is 567. The van der Waals surface area contributed by atoms with Crippen molar-refractivity contribution in [1.82, 2.24) is 4.90 Å². The Morgan fingerprint density at radius 1 is 1.32 bits per heavy atom. The maximum absolute atomic E-state index is 12.3. The van der Waals surface area contributed by atoms with E-state index in [2.05, 4.69) is 13.8 Å². The number of primary amides is 1. The highest BCUT2D eigenvalue weighted by molar-refractivity contribution is 6.31. The second-order valence-electron chi connectivity index (χ2n) is 6.04. The van der Waals surface area contributed by atoms with Gasteiger partial charge in [0.1, 0.15) is 5.75 Å². The van der Waals surface area contributed by atoms with Crippen LogP contribution in [0.5, 0.6) is 5.75 Å². The molecule has 1 aromatic rings. The second-order valence-corrected chi connectivity index (χ2v) is 6.47. The van der Waals surface area contributed by atoms with Crippen molar-refractivity contribution in [1.29, 1.82) is 0 Å². The van der Waals surface area contributed by atoms with E-state index < -0.39 is 5.91 Å². The number of nitrogens with zero attached hydrogens (tertiary/aromatic N) is 1. The molecule has 0 spiro atoms. The Morgan fingerprint density at radius 2 is 1.95 bits per heavy atom. The van der Waals surface area contributed by atoms with Crippen LogP contribution in [0.2, 0.25) is 5.02 Å². The van der Waals surface area contributed by atoms with Crippen molar-refractivity contribution in [2.45, 2.75) is 20.3 Å². The lowest BCUT2D eigenvalue weighted by atomic mass is 9.92. The number of hydrogen-bond acceptors (Lipinski definition) is 3. The number of likely N-dealkylation sites (tertiary alicyclic amines) is 1. The zero-order valence-corrected chi connectivity index (χ0v) is 13.6. The zero-order chi connectivity index (χ0) is 16.3. The molecule has 5 nitrogen and oxygen atoms in total. The molecule has 0 saturated carbocycles. The predicted molar refractivity (Wildman–Crippen MR) is 85.0 cm³/mol. The van der Waals surface area contributed by atoms with Crippen LogP contribution in [0.15, 0.2) is 18.2 Å². The molecule has 2 amide bonds. The van der Waals surface area contributed by atoms with Crippen molar-refractivity contribution < 1.29 is 14.3 Å². The summed E-state index contributed by atoms with van der Waals surface area (Å²) in [7, 11) is 0. The van der Waals surface area contributed by atoms with Gasteiger partial charge >= 0.3 is 0 Å². The van der Waals surface area contributed by atoms with Gasteiger partial charge in [-0.2, -0.15) is 0 Å². The Kier molecular flexibility index (Phi) is 5.29. The average molecular weight is 325 g/mol. The molecular formula is C16H21ClN2O3. The summed E-state index contributed by atoms with van der Waals surface area (Å²) in [5.74, 6) is 0.547. The molecule has 2 atom stereocenters. The lowest BCUT2D eigenvalue weighted by Crippen LogP contribution is -2.44. The van der Waals surface area contributed by atoms with Crippen molar-refractivity contribution in [2.24, 2.45) is 17.6 Å². The molecule has 1 fully saturated rings. The lowest BCUT2D eigenvalue weighted by molar-refractivity contribution is -0.136. The fourth-order valence-corrected chi connectivity index (χ4v) is 3.09. The molecule has 22 heavy (non-hydrogen) atoms. The van der Waals surface area contributed by atoms with E-state index in [-0.39, 0.29) is 23.8 Å². The number of carbonyl (C=O) groups excluding carboxylic acids is 2. The largest absolute Gasteiger partial charge is 0.483 e. The molecule has 2 unspecified atom stereocenters. The van der Waals surface area contributed by atoms with Gasteiger partial charge in [-0.15, -0.1) is 0 Å². The molecule has 2 N–H and O–H groups in total. The molecule has 0 aliphatic carbocycles. The fourth-order valence-electron chi connectivity index (χ4n) is 2.92. The Balaban J connectivity index is 2.01. The van der Waals surface area contributed by atoms with Gasteiger partial charge in [0.15, 0.2) is 6.61 Å². The van der Waals surface area contributed by atoms with E-state index in [9.17, 15) is 9.59 Å². The number of amides is 2. The summed E-state index contributed by atoms with van der Waals surface area (Å²) in [5, 5.41) is 0.395. The van der Waals surface area contributed by atoms with Gasteiger partial charge in [0.2, 0.25) is 0 Å². The van der Waals surface area contributed by atoms with Crippen LogP contribution in [0.4, 0.5) is 0 Å². The molecule has 1 saturated heterocycles. The van der Waals surface area contributed by atoms with E-state index in [0.29, 0.717) is 16.9 Å². The zero-order valence-electron chi connectivity index (χ0n) is 12.8. The number of hydrogen-bond donors (Lipinski definition) is 1. The molecule has 0 radical (unpaired) electrons. The molecule has 2 rings (SSSR count). The summed E-state index contributed by atoms with van der Waals surface area (Å²) < 4.78 is 5.49. The third kappa shape index (κ3) is 4.13. The van der Waals surface area contributed by atoms with Gasteiger partial charge in [0.05, 0.1) is 5.56 Å². The van der Waals surface area contributed by atoms with E-state index >= 15 is 0 Å². The number of ether oxygens (including phenoxy) is 1. The van der Waals surface area contributed by atoms with E-state index in [1.54, 1.807) is 12.1 Å². The van der Waals surface area contributed by atoms with Crippen molar-refractivity contribution in [3.8, 4) is 5.75 Å². The summed E-state index contributed by atoms with van der Waals surface area (Å²) in [6, 6.07) is 4.59. The van der Waals surface area contributed by atoms with Crippen LogP contribution in [-0.4, -0.2) is 36.4 Å². The van der Waals surface area contributed by atoms with Crippen LogP contribution in [0, 0.1) is 11.8 Å². The molecule has 1 heterocycles. The number of halogens is 1. The van der Waals surface area contributed by atoms with Crippen molar-refractivity contribution in [3.63, 3.8) is 0 Å². The summed E-state index contributed by atoms with van der Waals surface area (Å²) >= 11 is 5.84. The van der Waals surface area contributed by atoms with Crippen LogP contribution in [0.25, 0.3) is 0 Å². The number of benzene rings is 1.